The van der Waals surface area contributed by atoms with Crippen LogP contribution in [0.25, 0.3) is 0 Å². The normalized spacial score (nSPS) is 10.1. The van der Waals surface area contributed by atoms with E-state index in [1.807, 2.05) is 0 Å². The zero-order valence-electron chi connectivity index (χ0n) is 8.19. The second-order valence-electron chi connectivity index (χ2n) is 3.02. The minimum atomic E-state index is -0.298. The molecule has 2 heterocycles. The molecule has 0 saturated heterocycles. The number of aromatic nitrogens is 2. The Kier molecular flexibility index (Phi) is 2.82. The van der Waals surface area contributed by atoms with Crippen LogP contribution in [0.15, 0.2) is 58.4 Å². The van der Waals surface area contributed by atoms with Gasteiger partial charge in [0.1, 0.15) is 0 Å². The minimum absolute atomic E-state index is 0.298. The number of hydrogen-bond acceptors (Lipinski definition) is 4. The van der Waals surface area contributed by atoms with Crippen molar-refractivity contribution in [2.75, 3.05) is 4.52 Å². The van der Waals surface area contributed by atoms with Gasteiger partial charge in [-0.1, -0.05) is 12.1 Å². The van der Waals surface area contributed by atoms with Gasteiger partial charge >= 0.3 is 0 Å². The Morgan fingerprint density at radius 1 is 0.875 bits per heavy atom. The quantitative estimate of drug-likeness (QED) is 0.679. The predicted molar refractivity (Wildman–Crippen MR) is 62.4 cm³/mol. The molecule has 2 rings (SSSR count). The molecule has 2 aromatic rings. The summed E-state index contributed by atoms with van der Waals surface area (Å²) in [5.74, 6) is 0. The zero-order valence-corrected chi connectivity index (χ0v) is 9.00. The molecule has 16 heavy (non-hydrogen) atoms. The van der Waals surface area contributed by atoms with Crippen molar-refractivity contribution in [3.05, 3.63) is 69.5 Å². The van der Waals surface area contributed by atoms with Gasteiger partial charge in [0.15, 0.2) is 0 Å². The van der Waals surface area contributed by atoms with Crippen LogP contribution < -0.4 is 15.6 Å². The molecule has 5 nitrogen and oxygen atoms in total. The summed E-state index contributed by atoms with van der Waals surface area (Å²) < 4.78 is 3.36. The van der Waals surface area contributed by atoms with Crippen molar-refractivity contribution in [1.29, 1.82) is 0 Å². The minimum Gasteiger partial charge on any atom is -0.619 e. The van der Waals surface area contributed by atoms with Crippen molar-refractivity contribution in [3.8, 4) is 0 Å². The van der Waals surface area contributed by atoms with Crippen molar-refractivity contribution in [2.24, 2.45) is 0 Å². The smallest absolute Gasteiger partial charge is 0.268 e. The molecule has 0 aliphatic rings. The Balaban J connectivity index is 2.52. The molecular formula is C10H8N3O2S-. The molecule has 2 aromatic heterocycles. The lowest BCUT2D eigenvalue weighted by Gasteiger charge is -2.33. The summed E-state index contributed by atoms with van der Waals surface area (Å²) in [4.78, 5) is 23.0. The second-order valence-corrected chi connectivity index (χ2v) is 3.35. The fourth-order valence-electron chi connectivity index (χ4n) is 1.22. The highest BCUT2D eigenvalue weighted by Crippen LogP contribution is 1.88. The summed E-state index contributed by atoms with van der Waals surface area (Å²) in [6, 6.07) is 9.27. The third kappa shape index (κ3) is 1.87. The average molecular weight is 234 g/mol. The first-order chi connectivity index (χ1) is 7.70. The molecule has 0 amide bonds. The van der Waals surface area contributed by atoms with Crippen molar-refractivity contribution in [1.82, 2.24) is 9.35 Å². The zero-order chi connectivity index (χ0) is 11.5. The van der Waals surface area contributed by atoms with Gasteiger partial charge in [-0.15, -0.1) is 0 Å². The lowest BCUT2D eigenvalue weighted by molar-refractivity contribution is 0.623. The van der Waals surface area contributed by atoms with Gasteiger partial charge in [-0.25, -0.2) is 9.35 Å². The van der Waals surface area contributed by atoms with Gasteiger partial charge in [0, 0.05) is 24.5 Å². The fraction of sp³-hybridized carbons (Fsp3) is 0. The van der Waals surface area contributed by atoms with Gasteiger partial charge in [-0.3, -0.25) is 9.59 Å². The van der Waals surface area contributed by atoms with E-state index < -0.39 is 0 Å². The average Bonchev–Trinajstić information content (AvgIpc) is 2.29. The van der Waals surface area contributed by atoms with Gasteiger partial charge in [0.05, 0.1) is 0 Å². The third-order valence-corrected chi connectivity index (χ3v) is 2.33. The highest BCUT2D eigenvalue weighted by atomic mass is 32.1. The van der Waals surface area contributed by atoms with Crippen LogP contribution in [0, 0.1) is 0 Å². The van der Waals surface area contributed by atoms with Crippen LogP contribution >= 0.6 is 0 Å². The Hall–Kier alpha value is -1.95. The summed E-state index contributed by atoms with van der Waals surface area (Å²) in [5.41, 5.74) is -0.596. The van der Waals surface area contributed by atoms with E-state index in [0.29, 0.717) is 0 Å². The van der Waals surface area contributed by atoms with Gasteiger partial charge in [-0.2, -0.15) is 0 Å². The number of nitrogens with zero attached hydrogens (tertiary/aromatic N) is 3. The molecule has 0 aliphatic carbocycles. The molecule has 6 heteroatoms. The predicted octanol–water partition coefficient (Wildman–Crippen LogP) is -0.127. The van der Waals surface area contributed by atoms with Crippen LogP contribution in [-0.4, -0.2) is 9.35 Å². The molecule has 0 aliphatic heterocycles. The number of rotatable bonds is 2. The van der Waals surface area contributed by atoms with E-state index in [2.05, 4.69) is 0 Å². The monoisotopic (exact) mass is 234 g/mol. The van der Waals surface area contributed by atoms with E-state index >= 15 is 0 Å². The molecule has 0 fully saturated rings. The second kappa shape index (κ2) is 4.28. The summed E-state index contributed by atoms with van der Waals surface area (Å²) >= 11 is 5.00. The maximum Gasteiger partial charge on any atom is 0.268 e. The molecular weight excluding hydrogens is 226 g/mol. The Labute approximate surface area is 96.7 Å². The molecule has 0 spiro atoms. The van der Waals surface area contributed by atoms with Crippen molar-refractivity contribution in [3.63, 3.8) is 0 Å². The Morgan fingerprint density at radius 2 is 1.31 bits per heavy atom. The highest BCUT2D eigenvalue weighted by molar-refractivity contribution is 7.59. The first-order valence-electron chi connectivity index (χ1n) is 4.53. The van der Waals surface area contributed by atoms with Gasteiger partial charge < -0.3 is 17.3 Å². The van der Waals surface area contributed by atoms with Crippen LogP contribution in [0.1, 0.15) is 0 Å². The largest absolute Gasteiger partial charge is 0.619 e. The summed E-state index contributed by atoms with van der Waals surface area (Å²) in [6.07, 6.45) is 2.99. The molecule has 0 N–H and O–H groups in total. The Morgan fingerprint density at radius 3 is 1.69 bits per heavy atom. The first kappa shape index (κ1) is 10.6. The van der Waals surface area contributed by atoms with Crippen LogP contribution in [0.4, 0.5) is 0 Å². The number of hydrogen-bond donors (Lipinski definition) is 0. The summed E-state index contributed by atoms with van der Waals surface area (Å²) in [5, 5.41) is 0. The van der Waals surface area contributed by atoms with E-state index in [1.165, 1.54) is 24.5 Å². The molecule has 0 atom stereocenters. The van der Waals surface area contributed by atoms with Crippen molar-refractivity contribution >= 4 is 12.8 Å². The van der Waals surface area contributed by atoms with Crippen LogP contribution in [0.3, 0.4) is 0 Å². The van der Waals surface area contributed by atoms with E-state index in [0.717, 1.165) is 13.9 Å². The molecule has 0 aromatic carbocycles. The summed E-state index contributed by atoms with van der Waals surface area (Å²) in [6.45, 7) is 0. The highest BCUT2D eigenvalue weighted by Gasteiger charge is 1.97. The third-order valence-electron chi connectivity index (χ3n) is 1.97. The van der Waals surface area contributed by atoms with Crippen molar-refractivity contribution in [2.45, 2.75) is 0 Å². The van der Waals surface area contributed by atoms with Gasteiger partial charge in [-0.05, 0) is 12.1 Å². The van der Waals surface area contributed by atoms with Gasteiger partial charge in [0.2, 0.25) is 0 Å². The fourth-order valence-corrected chi connectivity index (χ4v) is 1.49. The molecule has 0 radical (unpaired) electrons. The molecule has 0 bridgehead atoms. The van der Waals surface area contributed by atoms with Crippen LogP contribution in [-0.2, 0) is 12.8 Å². The standard InChI is InChI=1S/C10H8N3O2S/c14-9-5-1-3-7-11(9)13(16)12-8-4-2-6-10(12)15/h1-8H/q-1. The van der Waals surface area contributed by atoms with E-state index in [9.17, 15) is 9.59 Å². The lowest BCUT2D eigenvalue weighted by atomic mass is 10.5. The Bertz CT molecular complexity index is 552. The topological polar surface area (TPSA) is 47.2 Å². The van der Waals surface area contributed by atoms with Crippen LogP contribution in [0.2, 0.25) is 0 Å². The maximum atomic E-state index is 11.5. The maximum absolute atomic E-state index is 11.5. The molecule has 82 valence electrons. The summed E-state index contributed by atoms with van der Waals surface area (Å²) in [7, 11) is 0. The van der Waals surface area contributed by atoms with Crippen molar-refractivity contribution < 1.29 is 0 Å². The van der Waals surface area contributed by atoms with Crippen LogP contribution in [0.5, 0.6) is 0 Å². The SMILES string of the molecule is O=c1ccccn1N([S-])n1ccccc1=O. The first-order valence-corrected chi connectivity index (χ1v) is 4.90. The van der Waals surface area contributed by atoms with Gasteiger partial charge in [0.25, 0.3) is 11.1 Å². The van der Waals surface area contributed by atoms with E-state index in [4.69, 9.17) is 12.8 Å². The number of pyridine rings is 2. The molecule has 0 saturated carbocycles. The molecule has 0 unspecified atom stereocenters. The van der Waals surface area contributed by atoms with E-state index in [1.54, 1.807) is 24.3 Å². The van der Waals surface area contributed by atoms with E-state index in [-0.39, 0.29) is 11.1 Å². The lowest BCUT2D eigenvalue weighted by Crippen LogP contribution is -2.45.